The van der Waals surface area contributed by atoms with E-state index in [4.69, 9.17) is 4.74 Å². The quantitative estimate of drug-likeness (QED) is 0.0397. The number of nitrogens with zero attached hydrogens (tertiary/aromatic N) is 1. The zero-order valence-electron chi connectivity index (χ0n) is 36.6. The number of pyridine rings is 1. The average Bonchev–Trinajstić information content (AvgIpc) is 3.23. The third-order valence-electron chi connectivity index (χ3n) is 11.2. The van der Waals surface area contributed by atoms with Gasteiger partial charge in [0.25, 0.3) is 0 Å². The van der Waals surface area contributed by atoms with Crippen molar-refractivity contribution in [1.82, 2.24) is 15.2 Å². The third-order valence-corrected chi connectivity index (χ3v) is 11.2. The van der Waals surface area contributed by atoms with Crippen LogP contribution in [0, 0.1) is 11.8 Å². The van der Waals surface area contributed by atoms with E-state index in [0.717, 1.165) is 62.5 Å². The van der Waals surface area contributed by atoms with E-state index in [1.165, 1.54) is 83.5 Å². The monoisotopic (exact) mass is 790 g/mol. The summed E-state index contributed by atoms with van der Waals surface area (Å²) in [6.07, 6.45) is 25.9. The van der Waals surface area contributed by atoms with Crippen molar-refractivity contribution in [3.8, 4) is 0 Å². The topological polar surface area (TPSA) is 106 Å². The van der Waals surface area contributed by atoms with Gasteiger partial charge >= 0.3 is 5.97 Å². The molecule has 57 heavy (non-hydrogen) atoms. The zero-order chi connectivity index (χ0) is 41.5. The average molecular weight is 790 g/mol. The molecule has 2 unspecified atom stereocenters. The predicted octanol–water partition coefficient (Wildman–Crippen LogP) is 11.8. The standard InChI is InChI=1S/C29H57NO3.C20H22N2O2/c1-4-6-7-8-9-10-11-12-13-14-15-16-17-18-21-24-29(32)33-25-22-19-20-23-28(31)30-26-27(3)5-2;1-3-14(2)12-21-19(23)13-22-17-10-6-4-8-15(17)20(24)16-9-5-7-11-18(16)22/h27H,4-26H2,1-3H3,(H,30,31);4-11,14H,3,12-13H2,1-2H3,(H,21,23). The first-order valence-electron chi connectivity index (χ1n) is 22.9. The maximum absolute atomic E-state index is 12.7. The Bertz CT molecular complexity index is 1540. The van der Waals surface area contributed by atoms with Crippen LogP contribution < -0.4 is 16.1 Å². The lowest BCUT2D eigenvalue weighted by Gasteiger charge is -2.16. The molecule has 320 valence electrons. The van der Waals surface area contributed by atoms with Crippen molar-refractivity contribution in [2.45, 2.75) is 182 Å². The highest BCUT2D eigenvalue weighted by molar-refractivity contribution is 5.94. The number of ether oxygens (including phenoxy) is 1. The van der Waals surface area contributed by atoms with E-state index in [0.29, 0.717) is 48.6 Å². The summed E-state index contributed by atoms with van der Waals surface area (Å²) >= 11 is 0. The van der Waals surface area contributed by atoms with Crippen molar-refractivity contribution < 1.29 is 19.1 Å². The van der Waals surface area contributed by atoms with Crippen molar-refractivity contribution >= 4 is 39.6 Å². The van der Waals surface area contributed by atoms with Gasteiger partial charge in [-0.05, 0) is 61.8 Å². The van der Waals surface area contributed by atoms with Gasteiger partial charge < -0.3 is 19.9 Å². The second-order valence-corrected chi connectivity index (χ2v) is 16.3. The number of aromatic nitrogens is 1. The summed E-state index contributed by atoms with van der Waals surface area (Å²) in [5.74, 6) is 1.04. The van der Waals surface area contributed by atoms with E-state index in [1.807, 2.05) is 53.1 Å². The largest absolute Gasteiger partial charge is 0.466 e. The molecule has 0 saturated heterocycles. The number of amides is 2. The fourth-order valence-electron chi connectivity index (χ4n) is 6.86. The number of carbonyl (C=O) groups excluding carboxylic acids is 3. The lowest BCUT2D eigenvalue weighted by atomic mass is 10.0. The summed E-state index contributed by atoms with van der Waals surface area (Å²) in [4.78, 5) is 48.6. The number of rotatable bonds is 30. The van der Waals surface area contributed by atoms with Crippen LogP contribution in [-0.4, -0.2) is 42.0 Å². The summed E-state index contributed by atoms with van der Waals surface area (Å²) in [6.45, 7) is 12.9. The van der Waals surface area contributed by atoms with Crippen molar-refractivity contribution in [3.63, 3.8) is 0 Å². The molecule has 0 aliphatic rings. The Morgan fingerprint density at radius 3 is 1.47 bits per heavy atom. The Labute approximate surface area is 345 Å². The van der Waals surface area contributed by atoms with E-state index >= 15 is 0 Å². The van der Waals surface area contributed by atoms with E-state index in [9.17, 15) is 19.2 Å². The van der Waals surface area contributed by atoms with E-state index in [1.54, 1.807) is 0 Å². The number of esters is 1. The number of benzene rings is 2. The van der Waals surface area contributed by atoms with Gasteiger partial charge in [0.15, 0.2) is 5.43 Å². The Hall–Kier alpha value is -3.68. The highest BCUT2D eigenvalue weighted by Crippen LogP contribution is 2.19. The van der Waals surface area contributed by atoms with Crippen LogP contribution in [0.3, 0.4) is 0 Å². The Kier molecular flexibility index (Phi) is 27.2. The molecule has 8 heteroatoms. The number of carbonyl (C=O) groups is 3. The first-order valence-corrected chi connectivity index (χ1v) is 22.9. The molecule has 2 aromatic carbocycles. The van der Waals surface area contributed by atoms with Crippen LogP contribution in [0.15, 0.2) is 53.3 Å². The van der Waals surface area contributed by atoms with Crippen LogP contribution in [0.4, 0.5) is 0 Å². The summed E-state index contributed by atoms with van der Waals surface area (Å²) in [5.41, 5.74) is 1.59. The summed E-state index contributed by atoms with van der Waals surface area (Å²) < 4.78 is 7.25. The van der Waals surface area contributed by atoms with Gasteiger partial charge in [-0.25, -0.2) is 0 Å². The van der Waals surface area contributed by atoms with Crippen LogP contribution in [0.2, 0.25) is 0 Å². The minimum absolute atomic E-state index is 0.0115. The molecule has 1 aromatic heterocycles. The molecule has 2 atom stereocenters. The molecule has 2 amide bonds. The number of para-hydroxylation sites is 2. The van der Waals surface area contributed by atoms with E-state index in [2.05, 4.69) is 45.3 Å². The van der Waals surface area contributed by atoms with Crippen molar-refractivity contribution in [2.75, 3.05) is 19.7 Å². The van der Waals surface area contributed by atoms with Gasteiger partial charge in [0.1, 0.15) is 6.54 Å². The van der Waals surface area contributed by atoms with Gasteiger partial charge in [-0.1, -0.05) is 162 Å². The van der Waals surface area contributed by atoms with Crippen LogP contribution in [0.25, 0.3) is 21.8 Å². The van der Waals surface area contributed by atoms with Gasteiger partial charge in [0.05, 0.1) is 17.6 Å². The maximum atomic E-state index is 12.7. The zero-order valence-corrected chi connectivity index (χ0v) is 36.6. The fourth-order valence-corrected chi connectivity index (χ4v) is 6.86. The molecule has 0 fully saturated rings. The number of fused-ring (bicyclic) bond motifs is 2. The minimum Gasteiger partial charge on any atom is -0.466 e. The van der Waals surface area contributed by atoms with Gasteiger partial charge in [-0.2, -0.15) is 0 Å². The normalized spacial score (nSPS) is 12.2. The minimum atomic E-state index is -0.0593. The SMILES string of the molecule is CCC(C)CNC(=O)Cn1c2ccccc2c(=O)c2ccccc21.CCCCCCCCCCCCCCCCCC(=O)OCCCCCC(=O)NCC(C)CC. The molecule has 0 bridgehead atoms. The number of nitrogens with one attached hydrogen (secondary N) is 2. The van der Waals surface area contributed by atoms with Crippen LogP contribution in [-0.2, 0) is 25.7 Å². The maximum Gasteiger partial charge on any atom is 0.305 e. The first kappa shape index (κ1) is 49.5. The molecule has 0 radical (unpaired) electrons. The molecular weight excluding hydrogens is 711 g/mol. The van der Waals surface area contributed by atoms with Crippen molar-refractivity contribution in [3.05, 3.63) is 58.8 Å². The lowest BCUT2D eigenvalue weighted by molar-refractivity contribution is -0.144. The number of hydrogen-bond acceptors (Lipinski definition) is 5. The Morgan fingerprint density at radius 1 is 0.561 bits per heavy atom. The number of unbranched alkanes of at least 4 members (excludes halogenated alkanes) is 16. The fraction of sp³-hybridized carbons (Fsp3) is 0.673. The molecule has 0 saturated carbocycles. The van der Waals surface area contributed by atoms with Crippen molar-refractivity contribution in [2.24, 2.45) is 11.8 Å². The number of hydrogen-bond donors (Lipinski definition) is 2. The van der Waals surface area contributed by atoms with Gasteiger partial charge in [-0.3, -0.25) is 19.2 Å². The molecule has 0 aliphatic carbocycles. The van der Waals surface area contributed by atoms with Crippen LogP contribution >= 0.6 is 0 Å². The second-order valence-electron chi connectivity index (χ2n) is 16.3. The molecule has 3 aromatic rings. The van der Waals surface area contributed by atoms with Gasteiger partial charge in [-0.15, -0.1) is 0 Å². The summed E-state index contributed by atoms with van der Waals surface area (Å²) in [7, 11) is 0. The predicted molar refractivity (Wildman–Crippen MR) is 240 cm³/mol. The van der Waals surface area contributed by atoms with Gasteiger partial charge in [0.2, 0.25) is 11.8 Å². The lowest BCUT2D eigenvalue weighted by Crippen LogP contribution is -2.31. The smallest absolute Gasteiger partial charge is 0.305 e. The van der Waals surface area contributed by atoms with Crippen LogP contribution in [0.1, 0.15) is 176 Å². The highest BCUT2D eigenvalue weighted by Gasteiger charge is 2.13. The molecule has 2 N–H and O–H groups in total. The molecule has 1 heterocycles. The van der Waals surface area contributed by atoms with E-state index in [-0.39, 0.29) is 29.8 Å². The molecule has 8 nitrogen and oxygen atoms in total. The highest BCUT2D eigenvalue weighted by atomic mass is 16.5. The molecule has 0 spiro atoms. The molecule has 0 aliphatic heterocycles. The second kappa shape index (κ2) is 31.3. The Morgan fingerprint density at radius 2 is 0.982 bits per heavy atom. The molecule has 3 rings (SSSR count). The first-order chi connectivity index (χ1) is 27.7. The van der Waals surface area contributed by atoms with Crippen LogP contribution in [0.5, 0.6) is 0 Å². The van der Waals surface area contributed by atoms with Gasteiger partial charge in [0, 0.05) is 36.7 Å². The molecular formula is C49H79N3O5. The van der Waals surface area contributed by atoms with Crippen molar-refractivity contribution in [1.29, 1.82) is 0 Å². The Balaban J connectivity index is 0.000000410. The summed E-state index contributed by atoms with van der Waals surface area (Å²) in [6, 6.07) is 14.9. The summed E-state index contributed by atoms with van der Waals surface area (Å²) in [5, 5.41) is 7.26. The third kappa shape index (κ3) is 21.6. The van der Waals surface area contributed by atoms with E-state index < -0.39 is 0 Å².